The third kappa shape index (κ3) is 7.63. The lowest BCUT2D eigenvalue weighted by Gasteiger charge is -2.24. The second kappa shape index (κ2) is 11.8. The Bertz CT molecular complexity index is 708. The molecule has 4 nitrogen and oxygen atoms in total. The van der Waals surface area contributed by atoms with Crippen LogP contribution in [0.3, 0.4) is 0 Å². The van der Waals surface area contributed by atoms with Crippen LogP contribution in [0, 0.1) is 12.8 Å². The number of rotatable bonds is 13. The van der Waals surface area contributed by atoms with Crippen LogP contribution in [0.4, 0.5) is 0 Å². The highest BCUT2D eigenvalue weighted by atomic mass is 16.5. The second-order valence-electron chi connectivity index (χ2n) is 8.10. The maximum Gasteiger partial charge on any atom is 0.126 e. The van der Waals surface area contributed by atoms with Crippen LogP contribution >= 0.6 is 0 Å². The molecule has 1 heterocycles. The molecule has 1 aromatic heterocycles. The Kier molecular flexibility index (Phi) is 9.48. The molecule has 0 aliphatic rings. The van der Waals surface area contributed by atoms with Crippen LogP contribution in [0.5, 0.6) is 0 Å². The van der Waals surface area contributed by atoms with Gasteiger partial charge in [0, 0.05) is 12.7 Å². The van der Waals surface area contributed by atoms with Crippen molar-refractivity contribution in [3.8, 4) is 0 Å². The summed E-state index contributed by atoms with van der Waals surface area (Å²) < 4.78 is 7.77. The monoisotopic (exact) mass is 385 g/mol. The lowest BCUT2D eigenvalue weighted by molar-refractivity contribution is -0.917. The number of hydrogen-bond donors (Lipinski definition) is 2. The van der Waals surface area contributed by atoms with Gasteiger partial charge in [-0.3, -0.25) is 0 Å². The highest BCUT2D eigenvalue weighted by molar-refractivity contribution is 5.26. The van der Waals surface area contributed by atoms with Gasteiger partial charge < -0.3 is 19.3 Å². The number of aliphatic hydroxyl groups is 1. The zero-order chi connectivity index (χ0) is 20.4. The molecule has 2 rings (SSSR count). The third-order valence-corrected chi connectivity index (χ3v) is 5.10. The highest BCUT2D eigenvalue weighted by Crippen LogP contribution is 2.11. The van der Waals surface area contributed by atoms with Gasteiger partial charge in [0.2, 0.25) is 0 Å². The van der Waals surface area contributed by atoms with Crippen molar-refractivity contribution in [3.05, 3.63) is 72.1 Å². The van der Waals surface area contributed by atoms with E-state index >= 15 is 0 Å². The van der Waals surface area contributed by atoms with Crippen molar-refractivity contribution >= 4 is 0 Å². The zero-order valence-electron chi connectivity index (χ0n) is 17.7. The summed E-state index contributed by atoms with van der Waals surface area (Å²) in [5.74, 6) is 0.655. The molecule has 1 unspecified atom stereocenters. The molecule has 28 heavy (non-hydrogen) atoms. The fraction of sp³-hybridized carbons (Fsp3) is 0.500. The average Bonchev–Trinajstić information content (AvgIpc) is 3.08. The molecular formula is C24H37N2O2+. The van der Waals surface area contributed by atoms with Gasteiger partial charge in [-0.05, 0) is 42.5 Å². The lowest BCUT2D eigenvalue weighted by atomic mass is 10.1. The summed E-state index contributed by atoms with van der Waals surface area (Å²) in [5.41, 5.74) is 3.98. The van der Waals surface area contributed by atoms with Crippen molar-refractivity contribution in [2.24, 2.45) is 5.92 Å². The van der Waals surface area contributed by atoms with Crippen LogP contribution in [-0.4, -0.2) is 42.1 Å². The first-order chi connectivity index (χ1) is 13.5. The molecule has 0 radical (unpaired) electrons. The van der Waals surface area contributed by atoms with Gasteiger partial charge in [0.25, 0.3) is 0 Å². The van der Waals surface area contributed by atoms with Gasteiger partial charge in [0.1, 0.15) is 19.2 Å². The van der Waals surface area contributed by atoms with Gasteiger partial charge in [-0.2, -0.15) is 0 Å². The highest BCUT2D eigenvalue weighted by Gasteiger charge is 2.18. The number of quaternary nitrogens is 1. The summed E-state index contributed by atoms with van der Waals surface area (Å²) in [5, 5.41) is 10.4. The van der Waals surface area contributed by atoms with E-state index in [1.807, 2.05) is 0 Å². The fourth-order valence-corrected chi connectivity index (χ4v) is 3.43. The molecule has 0 bridgehead atoms. The Morgan fingerprint density at radius 2 is 2.00 bits per heavy atom. The van der Waals surface area contributed by atoms with Crippen LogP contribution in [0.25, 0.3) is 0 Å². The number of aryl methyl sites for hydroxylation is 1. The predicted octanol–water partition coefficient (Wildman–Crippen LogP) is 2.84. The fourth-order valence-electron chi connectivity index (χ4n) is 3.43. The molecular weight excluding hydrogens is 348 g/mol. The van der Waals surface area contributed by atoms with E-state index in [0.29, 0.717) is 25.7 Å². The SMILES string of the molecule is C=CCOC[C@@H](O)C[NH+](CCC(C)C)Cc1cccn1Cc1ccccc1C. The second-order valence-corrected chi connectivity index (χ2v) is 8.10. The molecule has 2 atom stereocenters. The van der Waals surface area contributed by atoms with Crippen molar-refractivity contribution < 1.29 is 14.7 Å². The largest absolute Gasteiger partial charge is 0.385 e. The van der Waals surface area contributed by atoms with Crippen molar-refractivity contribution in [2.45, 2.75) is 46.4 Å². The number of aromatic nitrogens is 1. The summed E-state index contributed by atoms with van der Waals surface area (Å²) in [6, 6.07) is 12.9. The van der Waals surface area contributed by atoms with E-state index in [2.05, 4.69) is 74.5 Å². The zero-order valence-corrected chi connectivity index (χ0v) is 17.7. The summed E-state index contributed by atoms with van der Waals surface area (Å²) in [6.07, 6.45) is 4.57. The first-order valence-corrected chi connectivity index (χ1v) is 10.4. The molecule has 0 amide bonds. The Labute approximate surface area is 170 Å². The van der Waals surface area contributed by atoms with Crippen LogP contribution in [-0.2, 0) is 17.8 Å². The topological polar surface area (TPSA) is 38.8 Å². The van der Waals surface area contributed by atoms with E-state index in [4.69, 9.17) is 4.74 Å². The summed E-state index contributed by atoms with van der Waals surface area (Å²) >= 11 is 0. The van der Waals surface area contributed by atoms with E-state index in [1.54, 1.807) is 6.08 Å². The molecule has 0 fully saturated rings. The molecule has 4 heteroatoms. The molecule has 0 saturated heterocycles. The van der Waals surface area contributed by atoms with Gasteiger partial charge in [0.05, 0.1) is 25.5 Å². The van der Waals surface area contributed by atoms with Crippen molar-refractivity contribution in [1.29, 1.82) is 0 Å². The Morgan fingerprint density at radius 1 is 1.21 bits per heavy atom. The number of hydrogen-bond acceptors (Lipinski definition) is 2. The van der Waals surface area contributed by atoms with E-state index < -0.39 is 6.10 Å². The Morgan fingerprint density at radius 3 is 2.71 bits per heavy atom. The summed E-state index contributed by atoms with van der Waals surface area (Å²) in [7, 11) is 0. The quantitative estimate of drug-likeness (QED) is 0.411. The summed E-state index contributed by atoms with van der Waals surface area (Å²) in [6.45, 7) is 14.7. The first-order valence-electron chi connectivity index (χ1n) is 10.4. The number of nitrogens with one attached hydrogen (secondary N) is 1. The smallest absolute Gasteiger partial charge is 0.126 e. The van der Waals surface area contributed by atoms with Gasteiger partial charge >= 0.3 is 0 Å². The normalized spacial score (nSPS) is 13.6. The molecule has 0 saturated carbocycles. The minimum atomic E-state index is -0.457. The van der Waals surface area contributed by atoms with Gasteiger partial charge in [-0.1, -0.05) is 44.2 Å². The standard InChI is InChI=1S/C24H36N2O2/c1-5-15-28-19-24(27)18-25(14-12-20(2)3)17-23-11-8-13-26(23)16-22-10-7-6-9-21(22)4/h5-11,13,20,24,27H,1,12,14-19H2,2-4H3/p+1/t24-/m0/s1. The lowest BCUT2D eigenvalue weighted by Crippen LogP contribution is -3.12. The maximum absolute atomic E-state index is 10.4. The van der Waals surface area contributed by atoms with E-state index in [-0.39, 0.29) is 0 Å². The van der Waals surface area contributed by atoms with Crippen molar-refractivity contribution in [1.82, 2.24) is 4.57 Å². The van der Waals surface area contributed by atoms with Gasteiger partial charge in [-0.25, -0.2) is 0 Å². The van der Waals surface area contributed by atoms with E-state index in [0.717, 1.165) is 26.1 Å². The van der Waals surface area contributed by atoms with Crippen molar-refractivity contribution in [3.63, 3.8) is 0 Å². The van der Waals surface area contributed by atoms with Crippen LogP contribution in [0.2, 0.25) is 0 Å². The molecule has 154 valence electrons. The van der Waals surface area contributed by atoms with Gasteiger partial charge in [0.15, 0.2) is 0 Å². The molecule has 0 aliphatic heterocycles. The third-order valence-electron chi connectivity index (χ3n) is 5.10. The summed E-state index contributed by atoms with van der Waals surface area (Å²) in [4.78, 5) is 1.40. The molecule has 1 aromatic carbocycles. The number of aliphatic hydroxyl groups excluding tert-OH is 1. The number of nitrogens with zero attached hydrogens (tertiary/aromatic N) is 1. The molecule has 2 aromatic rings. The molecule has 2 N–H and O–H groups in total. The Hall–Kier alpha value is -1.88. The minimum absolute atomic E-state index is 0.363. The van der Waals surface area contributed by atoms with Crippen LogP contribution < -0.4 is 4.90 Å². The number of ether oxygens (including phenoxy) is 1. The van der Waals surface area contributed by atoms with Gasteiger partial charge in [-0.15, -0.1) is 6.58 Å². The van der Waals surface area contributed by atoms with Crippen LogP contribution in [0.15, 0.2) is 55.3 Å². The Balaban J connectivity index is 2.03. The number of benzene rings is 1. The van der Waals surface area contributed by atoms with Crippen molar-refractivity contribution in [2.75, 3.05) is 26.3 Å². The van der Waals surface area contributed by atoms with E-state index in [9.17, 15) is 5.11 Å². The van der Waals surface area contributed by atoms with Crippen LogP contribution in [0.1, 0.15) is 37.1 Å². The average molecular weight is 386 g/mol. The maximum atomic E-state index is 10.4. The van der Waals surface area contributed by atoms with E-state index in [1.165, 1.54) is 21.7 Å². The molecule has 0 spiro atoms. The first kappa shape index (κ1) is 22.4. The molecule has 0 aliphatic carbocycles. The minimum Gasteiger partial charge on any atom is -0.385 e. The predicted molar refractivity (Wildman–Crippen MR) is 116 cm³/mol.